The lowest BCUT2D eigenvalue weighted by Gasteiger charge is -2.38. The number of aliphatic hydroxyl groups excluding tert-OH is 1. The summed E-state index contributed by atoms with van der Waals surface area (Å²) in [6, 6.07) is 6.54. The molecule has 1 aliphatic rings. The normalized spacial score (nSPS) is 20.7. The molecule has 1 saturated carbocycles. The predicted octanol–water partition coefficient (Wildman–Crippen LogP) is 4.18. The molecule has 0 aliphatic heterocycles. The van der Waals surface area contributed by atoms with Crippen LogP contribution in [-0.4, -0.2) is 11.2 Å². The van der Waals surface area contributed by atoms with E-state index in [1.54, 1.807) is 0 Å². The number of rotatable bonds is 3. The molecule has 0 amide bonds. The summed E-state index contributed by atoms with van der Waals surface area (Å²) in [5.41, 5.74) is 4.04. The molecule has 1 nitrogen and oxygen atoms in total. The molecule has 1 N–H and O–H groups in total. The summed E-state index contributed by atoms with van der Waals surface area (Å²) < 4.78 is 0. The van der Waals surface area contributed by atoms with Gasteiger partial charge in [-0.25, -0.2) is 0 Å². The zero-order valence-electron chi connectivity index (χ0n) is 12.0. The first-order valence-electron chi connectivity index (χ1n) is 7.25. The molecular formula is C17H26O. The van der Waals surface area contributed by atoms with E-state index in [1.165, 1.54) is 48.8 Å². The van der Waals surface area contributed by atoms with Crippen LogP contribution in [0.25, 0.3) is 0 Å². The number of aryl methyl sites for hydroxylation is 2. The van der Waals surface area contributed by atoms with Gasteiger partial charge in [0.25, 0.3) is 0 Å². The van der Waals surface area contributed by atoms with E-state index in [1.807, 2.05) is 0 Å². The van der Waals surface area contributed by atoms with Crippen molar-refractivity contribution in [3.8, 4) is 0 Å². The van der Waals surface area contributed by atoms with Crippen molar-refractivity contribution in [3.05, 3.63) is 34.9 Å². The van der Waals surface area contributed by atoms with E-state index in [4.69, 9.17) is 0 Å². The molecule has 1 atom stereocenters. The topological polar surface area (TPSA) is 20.2 Å². The fourth-order valence-corrected chi connectivity index (χ4v) is 3.17. The van der Waals surface area contributed by atoms with Crippen molar-refractivity contribution in [1.82, 2.24) is 0 Å². The largest absolute Gasteiger partial charge is 0.392 e. The molecule has 100 valence electrons. The molecule has 1 aliphatic carbocycles. The summed E-state index contributed by atoms with van der Waals surface area (Å²) in [6.07, 6.45) is 6.87. The van der Waals surface area contributed by atoms with Gasteiger partial charge in [-0.1, -0.05) is 49.9 Å². The first-order chi connectivity index (χ1) is 8.51. The highest BCUT2D eigenvalue weighted by Gasteiger charge is 2.34. The van der Waals surface area contributed by atoms with Crippen LogP contribution in [0.1, 0.15) is 55.7 Å². The molecule has 0 spiro atoms. The lowest BCUT2D eigenvalue weighted by atomic mass is 9.70. The Balaban J connectivity index is 2.10. The molecule has 0 aromatic heterocycles. The Labute approximate surface area is 111 Å². The Hall–Kier alpha value is -0.820. The van der Waals surface area contributed by atoms with Crippen molar-refractivity contribution in [3.63, 3.8) is 0 Å². The van der Waals surface area contributed by atoms with Crippen LogP contribution in [0.4, 0.5) is 0 Å². The molecule has 1 unspecified atom stereocenters. The van der Waals surface area contributed by atoms with Gasteiger partial charge in [0, 0.05) is 0 Å². The number of benzene rings is 1. The summed E-state index contributed by atoms with van der Waals surface area (Å²) in [5, 5.41) is 10.6. The third-order valence-corrected chi connectivity index (χ3v) is 4.72. The van der Waals surface area contributed by atoms with Gasteiger partial charge >= 0.3 is 0 Å². The summed E-state index contributed by atoms with van der Waals surface area (Å²) in [6.45, 7) is 6.53. The molecule has 0 bridgehead atoms. The number of hydrogen-bond donors (Lipinski definition) is 1. The average Bonchev–Trinajstić information content (AvgIpc) is 2.35. The fraction of sp³-hybridized carbons (Fsp3) is 0.647. The minimum Gasteiger partial charge on any atom is -0.392 e. The maximum atomic E-state index is 10.6. The molecule has 1 aromatic rings. The summed E-state index contributed by atoms with van der Waals surface area (Å²) >= 11 is 0. The number of hydrogen-bond acceptors (Lipinski definition) is 1. The molecule has 1 aromatic carbocycles. The number of aliphatic hydroxyl groups is 1. The van der Waals surface area contributed by atoms with E-state index in [0.29, 0.717) is 0 Å². The lowest BCUT2D eigenvalue weighted by Crippen LogP contribution is -2.36. The van der Waals surface area contributed by atoms with Crippen molar-refractivity contribution >= 4 is 0 Å². The second-order valence-electron chi connectivity index (χ2n) is 6.36. The fourth-order valence-electron chi connectivity index (χ4n) is 3.17. The van der Waals surface area contributed by atoms with Crippen LogP contribution in [0.15, 0.2) is 18.2 Å². The maximum Gasteiger partial charge on any atom is 0.0634 e. The van der Waals surface area contributed by atoms with Crippen molar-refractivity contribution in [2.45, 2.75) is 65.4 Å². The summed E-state index contributed by atoms with van der Waals surface area (Å²) in [7, 11) is 0. The van der Waals surface area contributed by atoms with E-state index >= 15 is 0 Å². The van der Waals surface area contributed by atoms with E-state index in [0.717, 1.165) is 6.42 Å². The van der Waals surface area contributed by atoms with Gasteiger partial charge in [0.1, 0.15) is 0 Å². The third-order valence-electron chi connectivity index (χ3n) is 4.72. The predicted molar refractivity (Wildman–Crippen MR) is 76.8 cm³/mol. The molecule has 0 saturated heterocycles. The second kappa shape index (κ2) is 5.44. The van der Waals surface area contributed by atoms with Crippen LogP contribution in [0.5, 0.6) is 0 Å². The van der Waals surface area contributed by atoms with Gasteiger partial charge in [-0.2, -0.15) is 0 Å². The van der Waals surface area contributed by atoms with Crippen molar-refractivity contribution < 1.29 is 5.11 Å². The van der Waals surface area contributed by atoms with Gasteiger partial charge in [-0.15, -0.1) is 0 Å². The Kier molecular flexibility index (Phi) is 4.11. The van der Waals surface area contributed by atoms with Crippen LogP contribution in [0, 0.1) is 19.3 Å². The van der Waals surface area contributed by atoms with Gasteiger partial charge in [-0.05, 0) is 49.7 Å². The molecule has 0 heterocycles. The second-order valence-corrected chi connectivity index (χ2v) is 6.36. The quantitative estimate of drug-likeness (QED) is 0.848. The average molecular weight is 246 g/mol. The summed E-state index contributed by atoms with van der Waals surface area (Å²) in [4.78, 5) is 0. The molecule has 18 heavy (non-hydrogen) atoms. The Bertz CT molecular complexity index is 402. The Morgan fingerprint density at radius 2 is 1.83 bits per heavy atom. The maximum absolute atomic E-state index is 10.6. The standard InChI is InChI=1S/C17H26O/c1-13-7-8-14(2)15(11-13)12-16(18)17(3)9-5-4-6-10-17/h7-8,11,16,18H,4-6,9-10,12H2,1-3H3. The highest BCUT2D eigenvalue weighted by molar-refractivity contribution is 5.31. The van der Waals surface area contributed by atoms with Gasteiger partial charge in [0.2, 0.25) is 0 Å². The monoisotopic (exact) mass is 246 g/mol. The molecule has 1 heteroatoms. The van der Waals surface area contributed by atoms with Crippen molar-refractivity contribution in [2.75, 3.05) is 0 Å². The summed E-state index contributed by atoms with van der Waals surface area (Å²) in [5.74, 6) is 0. The molecular weight excluding hydrogens is 220 g/mol. The smallest absolute Gasteiger partial charge is 0.0634 e. The Morgan fingerprint density at radius 3 is 2.50 bits per heavy atom. The Morgan fingerprint density at radius 1 is 1.17 bits per heavy atom. The van der Waals surface area contributed by atoms with Crippen LogP contribution < -0.4 is 0 Å². The van der Waals surface area contributed by atoms with E-state index < -0.39 is 0 Å². The van der Waals surface area contributed by atoms with Crippen molar-refractivity contribution in [2.24, 2.45) is 5.41 Å². The third kappa shape index (κ3) is 2.95. The highest BCUT2D eigenvalue weighted by Crippen LogP contribution is 2.40. The van der Waals surface area contributed by atoms with Gasteiger partial charge in [0.05, 0.1) is 6.10 Å². The highest BCUT2D eigenvalue weighted by atomic mass is 16.3. The first kappa shape index (κ1) is 13.6. The van der Waals surface area contributed by atoms with E-state index in [9.17, 15) is 5.11 Å². The lowest BCUT2D eigenvalue weighted by molar-refractivity contribution is 0.0103. The van der Waals surface area contributed by atoms with Gasteiger partial charge in [-0.3, -0.25) is 0 Å². The first-order valence-corrected chi connectivity index (χ1v) is 7.25. The molecule has 2 rings (SSSR count). The van der Waals surface area contributed by atoms with E-state index in [-0.39, 0.29) is 11.5 Å². The zero-order chi connectivity index (χ0) is 13.2. The van der Waals surface area contributed by atoms with Gasteiger partial charge < -0.3 is 5.11 Å². The van der Waals surface area contributed by atoms with Crippen LogP contribution in [-0.2, 0) is 6.42 Å². The van der Waals surface area contributed by atoms with Crippen LogP contribution in [0.3, 0.4) is 0 Å². The SMILES string of the molecule is Cc1ccc(C)c(CC(O)C2(C)CCCCC2)c1. The van der Waals surface area contributed by atoms with Crippen LogP contribution in [0.2, 0.25) is 0 Å². The van der Waals surface area contributed by atoms with Crippen molar-refractivity contribution in [1.29, 1.82) is 0 Å². The van der Waals surface area contributed by atoms with E-state index in [2.05, 4.69) is 39.0 Å². The molecule has 0 radical (unpaired) electrons. The zero-order valence-corrected chi connectivity index (χ0v) is 12.0. The minimum absolute atomic E-state index is 0.133. The van der Waals surface area contributed by atoms with Gasteiger partial charge in [0.15, 0.2) is 0 Å². The minimum atomic E-state index is -0.196. The van der Waals surface area contributed by atoms with Crippen LogP contribution >= 0.6 is 0 Å². The molecule has 1 fully saturated rings.